The fourth-order valence-electron chi connectivity index (χ4n) is 2.14. The highest BCUT2D eigenvalue weighted by Gasteiger charge is 2.28. The molecule has 1 amide bonds. The molecule has 1 atom stereocenters. The van der Waals surface area contributed by atoms with Gasteiger partial charge in [0.15, 0.2) is 0 Å². The molecule has 1 aliphatic carbocycles. The summed E-state index contributed by atoms with van der Waals surface area (Å²) in [6.07, 6.45) is 5.77. The molecule has 94 valence electrons. The number of amides is 1. The van der Waals surface area contributed by atoms with E-state index in [0.29, 0.717) is 18.0 Å². The van der Waals surface area contributed by atoms with Crippen molar-refractivity contribution in [3.63, 3.8) is 0 Å². The SMILES string of the molecule is NC(CNC(=O)c1c[nH]c2ncccc12)C1CC1. The zero-order valence-electron chi connectivity index (χ0n) is 10.0. The third-order valence-electron chi connectivity index (χ3n) is 3.42. The molecule has 1 fully saturated rings. The lowest BCUT2D eigenvalue weighted by atomic mass is 10.2. The summed E-state index contributed by atoms with van der Waals surface area (Å²) in [5.41, 5.74) is 7.32. The Bertz CT molecular complexity index is 573. The Morgan fingerprint density at radius 1 is 1.61 bits per heavy atom. The predicted molar refractivity (Wildman–Crippen MR) is 69.1 cm³/mol. The van der Waals surface area contributed by atoms with Crippen LogP contribution in [0.1, 0.15) is 23.2 Å². The van der Waals surface area contributed by atoms with Crippen LogP contribution in [0.2, 0.25) is 0 Å². The molecule has 0 aromatic carbocycles. The van der Waals surface area contributed by atoms with E-state index in [0.717, 1.165) is 11.0 Å². The molecule has 1 aliphatic rings. The van der Waals surface area contributed by atoms with Crippen LogP contribution in [-0.2, 0) is 0 Å². The van der Waals surface area contributed by atoms with Crippen LogP contribution in [0.3, 0.4) is 0 Å². The van der Waals surface area contributed by atoms with Gasteiger partial charge in [-0.1, -0.05) is 0 Å². The van der Waals surface area contributed by atoms with Crippen molar-refractivity contribution in [1.82, 2.24) is 15.3 Å². The first-order valence-corrected chi connectivity index (χ1v) is 6.21. The highest BCUT2D eigenvalue weighted by molar-refractivity contribution is 6.05. The zero-order valence-corrected chi connectivity index (χ0v) is 10.0. The second-order valence-electron chi connectivity index (χ2n) is 4.81. The number of hydrogen-bond donors (Lipinski definition) is 3. The Morgan fingerprint density at radius 3 is 3.22 bits per heavy atom. The first-order valence-electron chi connectivity index (χ1n) is 6.21. The maximum atomic E-state index is 12.1. The van der Waals surface area contributed by atoms with Crippen molar-refractivity contribution in [3.8, 4) is 0 Å². The number of nitrogens with two attached hydrogens (primary N) is 1. The molecule has 0 spiro atoms. The van der Waals surface area contributed by atoms with E-state index in [1.165, 1.54) is 12.8 Å². The number of nitrogens with one attached hydrogen (secondary N) is 2. The molecule has 0 saturated heterocycles. The molecule has 5 nitrogen and oxygen atoms in total. The Kier molecular flexibility index (Phi) is 2.76. The van der Waals surface area contributed by atoms with Gasteiger partial charge in [-0.3, -0.25) is 4.79 Å². The average Bonchev–Trinajstić information content (AvgIpc) is 3.15. The summed E-state index contributed by atoms with van der Waals surface area (Å²) in [6, 6.07) is 3.79. The van der Waals surface area contributed by atoms with Gasteiger partial charge in [0, 0.05) is 30.4 Å². The van der Waals surface area contributed by atoms with Gasteiger partial charge in [-0.15, -0.1) is 0 Å². The molecule has 0 bridgehead atoms. The lowest BCUT2D eigenvalue weighted by Crippen LogP contribution is -2.38. The molecule has 2 aromatic rings. The first kappa shape index (κ1) is 11.2. The summed E-state index contributed by atoms with van der Waals surface area (Å²) in [5, 5.41) is 3.73. The van der Waals surface area contributed by atoms with E-state index in [2.05, 4.69) is 15.3 Å². The standard InChI is InChI=1S/C13H16N4O/c14-11(8-3-4-8)7-17-13(18)10-6-16-12-9(10)2-1-5-15-12/h1-2,5-6,8,11H,3-4,7,14H2,(H,15,16)(H,17,18). The third kappa shape index (κ3) is 2.09. The summed E-state index contributed by atoms with van der Waals surface area (Å²) in [7, 11) is 0. The summed E-state index contributed by atoms with van der Waals surface area (Å²) >= 11 is 0. The molecule has 0 radical (unpaired) electrons. The number of nitrogens with zero attached hydrogens (tertiary/aromatic N) is 1. The molecule has 5 heteroatoms. The van der Waals surface area contributed by atoms with Crippen molar-refractivity contribution in [2.75, 3.05) is 6.54 Å². The number of hydrogen-bond acceptors (Lipinski definition) is 3. The van der Waals surface area contributed by atoms with Crippen molar-refractivity contribution in [2.45, 2.75) is 18.9 Å². The molecule has 4 N–H and O–H groups in total. The fraction of sp³-hybridized carbons (Fsp3) is 0.385. The Labute approximate surface area is 105 Å². The minimum atomic E-state index is -0.0923. The van der Waals surface area contributed by atoms with E-state index >= 15 is 0 Å². The molecule has 1 unspecified atom stereocenters. The van der Waals surface area contributed by atoms with Gasteiger partial charge in [-0.2, -0.15) is 0 Å². The van der Waals surface area contributed by atoms with Gasteiger partial charge in [0.05, 0.1) is 5.56 Å². The summed E-state index contributed by atoms with van der Waals surface area (Å²) < 4.78 is 0. The minimum Gasteiger partial charge on any atom is -0.350 e. The van der Waals surface area contributed by atoms with Crippen molar-refractivity contribution in [3.05, 3.63) is 30.1 Å². The summed E-state index contributed by atoms with van der Waals surface area (Å²) in [4.78, 5) is 19.2. The van der Waals surface area contributed by atoms with Crippen LogP contribution in [0.15, 0.2) is 24.5 Å². The predicted octanol–water partition coefficient (Wildman–Crippen LogP) is 1.03. The van der Waals surface area contributed by atoms with Gasteiger partial charge in [0.1, 0.15) is 5.65 Å². The van der Waals surface area contributed by atoms with Gasteiger partial charge in [0.25, 0.3) is 5.91 Å². The van der Waals surface area contributed by atoms with E-state index in [1.807, 2.05) is 12.1 Å². The number of carbonyl (C=O) groups excluding carboxylic acids is 1. The third-order valence-corrected chi connectivity index (χ3v) is 3.42. The number of fused-ring (bicyclic) bond motifs is 1. The van der Waals surface area contributed by atoms with E-state index in [4.69, 9.17) is 5.73 Å². The van der Waals surface area contributed by atoms with Crippen LogP contribution in [0.4, 0.5) is 0 Å². The molecule has 1 saturated carbocycles. The maximum absolute atomic E-state index is 12.1. The maximum Gasteiger partial charge on any atom is 0.253 e. The van der Waals surface area contributed by atoms with Crippen molar-refractivity contribution in [2.24, 2.45) is 11.7 Å². The Hall–Kier alpha value is -1.88. The van der Waals surface area contributed by atoms with Gasteiger partial charge in [-0.25, -0.2) is 4.98 Å². The van der Waals surface area contributed by atoms with Crippen molar-refractivity contribution < 1.29 is 4.79 Å². The van der Waals surface area contributed by atoms with Gasteiger partial charge in [0.2, 0.25) is 0 Å². The van der Waals surface area contributed by atoms with Gasteiger partial charge in [-0.05, 0) is 30.9 Å². The lowest BCUT2D eigenvalue weighted by Gasteiger charge is -2.10. The van der Waals surface area contributed by atoms with Gasteiger partial charge >= 0.3 is 0 Å². The topological polar surface area (TPSA) is 83.8 Å². The number of aromatic amines is 1. The number of aromatic nitrogens is 2. The number of carbonyl (C=O) groups is 1. The molecule has 18 heavy (non-hydrogen) atoms. The van der Waals surface area contributed by atoms with Crippen LogP contribution in [0.25, 0.3) is 11.0 Å². The van der Waals surface area contributed by atoms with Crippen LogP contribution < -0.4 is 11.1 Å². The molecular formula is C13H16N4O. The fourth-order valence-corrected chi connectivity index (χ4v) is 2.14. The molecule has 0 aliphatic heterocycles. The second-order valence-corrected chi connectivity index (χ2v) is 4.81. The average molecular weight is 244 g/mol. The van der Waals surface area contributed by atoms with Crippen LogP contribution in [0.5, 0.6) is 0 Å². The minimum absolute atomic E-state index is 0.0808. The highest BCUT2D eigenvalue weighted by atomic mass is 16.1. The number of pyridine rings is 1. The van der Waals surface area contributed by atoms with Crippen LogP contribution >= 0.6 is 0 Å². The monoisotopic (exact) mass is 244 g/mol. The highest BCUT2D eigenvalue weighted by Crippen LogP contribution is 2.31. The van der Waals surface area contributed by atoms with Crippen LogP contribution in [0, 0.1) is 5.92 Å². The smallest absolute Gasteiger partial charge is 0.253 e. The van der Waals surface area contributed by atoms with Crippen molar-refractivity contribution in [1.29, 1.82) is 0 Å². The first-order chi connectivity index (χ1) is 8.75. The zero-order chi connectivity index (χ0) is 12.5. The summed E-state index contributed by atoms with van der Waals surface area (Å²) in [5.74, 6) is 0.500. The second kappa shape index (κ2) is 4.42. The number of rotatable bonds is 4. The quantitative estimate of drug-likeness (QED) is 0.751. The largest absolute Gasteiger partial charge is 0.350 e. The van der Waals surface area contributed by atoms with E-state index in [-0.39, 0.29) is 11.9 Å². The Balaban J connectivity index is 1.71. The van der Waals surface area contributed by atoms with E-state index < -0.39 is 0 Å². The normalized spacial score (nSPS) is 16.7. The van der Waals surface area contributed by atoms with E-state index in [1.54, 1.807) is 12.4 Å². The molecule has 3 rings (SSSR count). The van der Waals surface area contributed by atoms with E-state index in [9.17, 15) is 4.79 Å². The number of H-pyrrole nitrogens is 1. The molecular weight excluding hydrogens is 228 g/mol. The molecule has 2 heterocycles. The molecule has 2 aromatic heterocycles. The Morgan fingerprint density at radius 2 is 2.44 bits per heavy atom. The lowest BCUT2D eigenvalue weighted by molar-refractivity contribution is 0.0952. The van der Waals surface area contributed by atoms with Crippen molar-refractivity contribution >= 4 is 16.9 Å². The van der Waals surface area contributed by atoms with Crippen LogP contribution in [-0.4, -0.2) is 28.5 Å². The summed E-state index contributed by atoms with van der Waals surface area (Å²) in [6.45, 7) is 0.538. The van der Waals surface area contributed by atoms with Gasteiger partial charge < -0.3 is 16.0 Å².